The third-order valence-electron chi connectivity index (χ3n) is 2.84. The number of hydrogen-bond donors (Lipinski definition) is 1. The van der Waals surface area contributed by atoms with Crippen molar-refractivity contribution in [3.05, 3.63) is 57.8 Å². The van der Waals surface area contributed by atoms with Gasteiger partial charge in [-0.3, -0.25) is 0 Å². The third-order valence-corrected chi connectivity index (χ3v) is 3.33. The number of benzene rings is 2. The fourth-order valence-corrected chi connectivity index (χ4v) is 2.20. The highest BCUT2D eigenvalue weighted by Gasteiger charge is 2.10. The van der Waals surface area contributed by atoms with Crippen LogP contribution >= 0.6 is 15.9 Å². The molecular formula is C15H14BrFO3. The second kappa shape index (κ2) is 6.72. The molecule has 5 heteroatoms. The van der Waals surface area contributed by atoms with E-state index >= 15 is 0 Å². The summed E-state index contributed by atoms with van der Waals surface area (Å²) >= 11 is 3.32. The Balaban J connectivity index is 2.17. The first kappa shape index (κ1) is 14.8. The molecule has 0 aliphatic rings. The number of ether oxygens (including phenoxy) is 2. The van der Waals surface area contributed by atoms with E-state index in [1.165, 1.54) is 7.11 Å². The third kappa shape index (κ3) is 3.29. The fraction of sp³-hybridized carbons (Fsp3) is 0.200. The lowest BCUT2D eigenvalue weighted by Gasteiger charge is -2.12. The van der Waals surface area contributed by atoms with Gasteiger partial charge in [-0.05, 0) is 24.3 Å². The maximum absolute atomic E-state index is 14.0. The normalized spacial score (nSPS) is 10.4. The maximum Gasteiger partial charge on any atom is 0.171 e. The van der Waals surface area contributed by atoms with Crippen molar-refractivity contribution in [3.8, 4) is 11.5 Å². The van der Waals surface area contributed by atoms with Gasteiger partial charge in [0.15, 0.2) is 11.6 Å². The molecule has 0 bridgehead atoms. The molecule has 2 rings (SSSR count). The summed E-state index contributed by atoms with van der Waals surface area (Å²) < 4.78 is 25.3. The number of methoxy groups -OCH3 is 1. The summed E-state index contributed by atoms with van der Waals surface area (Å²) in [6.45, 7) is -0.0764. The minimum atomic E-state index is -0.433. The van der Waals surface area contributed by atoms with Gasteiger partial charge in [0.25, 0.3) is 0 Å². The van der Waals surface area contributed by atoms with Crippen LogP contribution in [0, 0.1) is 5.82 Å². The van der Waals surface area contributed by atoms with Gasteiger partial charge in [0.1, 0.15) is 12.4 Å². The van der Waals surface area contributed by atoms with Crippen LogP contribution in [0.4, 0.5) is 4.39 Å². The van der Waals surface area contributed by atoms with E-state index in [1.54, 1.807) is 36.4 Å². The van der Waals surface area contributed by atoms with Gasteiger partial charge in [0, 0.05) is 15.6 Å². The topological polar surface area (TPSA) is 38.7 Å². The van der Waals surface area contributed by atoms with Crippen LogP contribution in [0.2, 0.25) is 0 Å². The van der Waals surface area contributed by atoms with E-state index < -0.39 is 5.82 Å². The smallest absolute Gasteiger partial charge is 0.171 e. The first-order valence-electron chi connectivity index (χ1n) is 5.99. The summed E-state index contributed by atoms with van der Waals surface area (Å²) in [7, 11) is 1.42. The van der Waals surface area contributed by atoms with Crippen molar-refractivity contribution in [2.45, 2.75) is 13.2 Å². The number of hydrogen-bond acceptors (Lipinski definition) is 3. The van der Waals surface area contributed by atoms with Crippen LogP contribution in [0.15, 0.2) is 40.9 Å². The molecule has 0 atom stereocenters. The number of aliphatic hydroxyl groups is 1. The van der Waals surface area contributed by atoms with E-state index in [2.05, 4.69) is 15.9 Å². The van der Waals surface area contributed by atoms with Crippen LogP contribution in [0.1, 0.15) is 11.1 Å². The zero-order chi connectivity index (χ0) is 14.5. The monoisotopic (exact) mass is 340 g/mol. The molecule has 20 heavy (non-hydrogen) atoms. The molecule has 2 aromatic rings. The summed E-state index contributed by atoms with van der Waals surface area (Å²) in [6, 6.07) is 10.2. The van der Waals surface area contributed by atoms with Crippen LogP contribution in [0.3, 0.4) is 0 Å². The van der Waals surface area contributed by atoms with Gasteiger partial charge >= 0.3 is 0 Å². The van der Waals surface area contributed by atoms with Gasteiger partial charge in [0.05, 0.1) is 13.7 Å². The van der Waals surface area contributed by atoms with E-state index in [4.69, 9.17) is 9.47 Å². The molecule has 0 aliphatic carbocycles. The van der Waals surface area contributed by atoms with E-state index in [1.807, 2.05) is 0 Å². The van der Waals surface area contributed by atoms with E-state index in [9.17, 15) is 9.50 Å². The standard InChI is InChI=1S/C15H14BrFO3/c1-19-14-4-2-3-10(15(14)17)9-20-13-6-5-12(16)7-11(13)8-18/h2-7,18H,8-9H2,1H3. The van der Waals surface area contributed by atoms with E-state index in [0.29, 0.717) is 16.9 Å². The van der Waals surface area contributed by atoms with Gasteiger partial charge in [-0.2, -0.15) is 0 Å². The Labute approximate surface area is 125 Å². The summed E-state index contributed by atoms with van der Waals surface area (Å²) in [4.78, 5) is 0. The second-order valence-corrected chi connectivity index (χ2v) is 5.05. The molecule has 0 spiro atoms. The van der Waals surface area contributed by atoms with Gasteiger partial charge in [-0.1, -0.05) is 28.1 Å². The molecule has 0 unspecified atom stereocenters. The van der Waals surface area contributed by atoms with Crippen LogP contribution < -0.4 is 9.47 Å². The van der Waals surface area contributed by atoms with Crippen molar-refractivity contribution < 1.29 is 19.0 Å². The van der Waals surface area contributed by atoms with Gasteiger partial charge < -0.3 is 14.6 Å². The minimum absolute atomic E-state index is 0.0671. The van der Waals surface area contributed by atoms with Crippen LogP contribution in [0.25, 0.3) is 0 Å². The SMILES string of the molecule is COc1cccc(COc2ccc(Br)cc2CO)c1F. The maximum atomic E-state index is 14.0. The molecular weight excluding hydrogens is 327 g/mol. The molecule has 0 radical (unpaired) electrons. The lowest BCUT2D eigenvalue weighted by atomic mass is 10.2. The van der Waals surface area contributed by atoms with Crippen molar-refractivity contribution in [2.75, 3.05) is 7.11 Å². The number of aliphatic hydroxyl groups excluding tert-OH is 1. The fourth-order valence-electron chi connectivity index (χ4n) is 1.79. The molecule has 2 aromatic carbocycles. The van der Waals surface area contributed by atoms with Crippen molar-refractivity contribution >= 4 is 15.9 Å². The predicted molar refractivity (Wildman–Crippen MR) is 77.3 cm³/mol. The van der Waals surface area contributed by atoms with E-state index in [0.717, 1.165) is 4.47 Å². The lowest BCUT2D eigenvalue weighted by Crippen LogP contribution is -2.02. The largest absolute Gasteiger partial charge is 0.494 e. The summed E-state index contributed by atoms with van der Waals surface area (Å²) in [5.74, 6) is 0.278. The van der Waals surface area contributed by atoms with Crippen LogP contribution in [0.5, 0.6) is 11.5 Å². The quantitative estimate of drug-likeness (QED) is 0.902. The highest BCUT2D eigenvalue weighted by atomic mass is 79.9. The predicted octanol–water partition coefficient (Wildman–Crippen LogP) is 3.67. The average molecular weight is 341 g/mol. The van der Waals surface area contributed by atoms with Gasteiger partial charge in [0.2, 0.25) is 0 Å². The Morgan fingerprint density at radius 2 is 1.95 bits per heavy atom. The molecule has 0 fully saturated rings. The van der Waals surface area contributed by atoms with Crippen LogP contribution in [-0.2, 0) is 13.2 Å². The molecule has 0 amide bonds. The number of rotatable bonds is 5. The zero-order valence-electron chi connectivity index (χ0n) is 10.9. The Morgan fingerprint density at radius 1 is 1.15 bits per heavy atom. The Kier molecular flexibility index (Phi) is 4.98. The molecule has 0 aromatic heterocycles. The molecule has 0 saturated heterocycles. The summed E-state index contributed by atoms with van der Waals surface area (Å²) in [6.07, 6.45) is 0. The van der Waals surface area contributed by atoms with Crippen molar-refractivity contribution in [1.29, 1.82) is 0 Å². The molecule has 0 saturated carbocycles. The minimum Gasteiger partial charge on any atom is -0.494 e. The van der Waals surface area contributed by atoms with Gasteiger partial charge in [-0.25, -0.2) is 4.39 Å². The molecule has 1 N–H and O–H groups in total. The van der Waals surface area contributed by atoms with E-state index in [-0.39, 0.29) is 19.0 Å². The average Bonchev–Trinajstić information content (AvgIpc) is 2.47. The summed E-state index contributed by atoms with van der Waals surface area (Å²) in [5.41, 5.74) is 1.04. The van der Waals surface area contributed by atoms with Crippen molar-refractivity contribution in [3.63, 3.8) is 0 Å². The van der Waals surface area contributed by atoms with Crippen LogP contribution in [-0.4, -0.2) is 12.2 Å². The first-order chi connectivity index (χ1) is 9.65. The highest BCUT2D eigenvalue weighted by Crippen LogP contribution is 2.26. The molecule has 3 nitrogen and oxygen atoms in total. The molecule has 0 heterocycles. The van der Waals surface area contributed by atoms with Gasteiger partial charge in [-0.15, -0.1) is 0 Å². The lowest BCUT2D eigenvalue weighted by molar-refractivity contribution is 0.256. The first-order valence-corrected chi connectivity index (χ1v) is 6.78. The molecule has 0 aliphatic heterocycles. The van der Waals surface area contributed by atoms with Crippen molar-refractivity contribution in [2.24, 2.45) is 0 Å². The molecule has 106 valence electrons. The summed E-state index contributed by atoms with van der Waals surface area (Å²) in [5, 5.41) is 9.28. The second-order valence-electron chi connectivity index (χ2n) is 4.13. The highest BCUT2D eigenvalue weighted by molar-refractivity contribution is 9.10. The zero-order valence-corrected chi connectivity index (χ0v) is 12.5. The Morgan fingerprint density at radius 3 is 2.65 bits per heavy atom. The Hall–Kier alpha value is -1.59. The number of halogens is 2. The Bertz CT molecular complexity index is 602. The van der Waals surface area contributed by atoms with Crippen molar-refractivity contribution in [1.82, 2.24) is 0 Å².